The monoisotopic (exact) mass is 153 g/mol. The Labute approximate surface area is 58.1 Å². The van der Waals surface area contributed by atoms with Crippen LogP contribution in [0.25, 0.3) is 0 Å². The van der Waals surface area contributed by atoms with Gasteiger partial charge < -0.3 is 4.90 Å². The molecule has 0 amide bonds. The summed E-state index contributed by atoms with van der Waals surface area (Å²) in [5, 5.41) is 0. The number of allylic oxidation sites excluding steroid dienone is 1. The first-order valence-electron chi connectivity index (χ1n) is 2.85. The van der Waals surface area contributed by atoms with Crippen molar-refractivity contribution >= 4 is 0 Å². The van der Waals surface area contributed by atoms with Gasteiger partial charge in [-0.3, -0.25) is 0 Å². The summed E-state index contributed by atoms with van der Waals surface area (Å²) < 4.78 is 34.7. The van der Waals surface area contributed by atoms with E-state index in [0.29, 0.717) is 0 Å². The second kappa shape index (κ2) is 3.49. The number of hydrogen-bond acceptors (Lipinski definition) is 1. The minimum absolute atomic E-state index is 0.892. The summed E-state index contributed by atoms with van der Waals surface area (Å²) in [6.07, 6.45) is -1.16. The number of hydrogen-bond donors (Lipinski definition) is 0. The molecule has 0 radical (unpaired) electrons. The van der Waals surface area contributed by atoms with Crippen molar-refractivity contribution in [2.75, 3.05) is 13.6 Å². The molecule has 4 heteroatoms. The highest BCUT2D eigenvalue weighted by molar-refractivity contribution is 4.77. The average Bonchev–Trinajstić information content (AvgIpc) is 1.59. The van der Waals surface area contributed by atoms with Crippen molar-refractivity contribution in [3.63, 3.8) is 0 Å². The van der Waals surface area contributed by atoms with Crippen LogP contribution in [0.4, 0.5) is 13.2 Å². The fraction of sp³-hybridized carbons (Fsp3) is 0.667. The van der Waals surface area contributed by atoms with Gasteiger partial charge in [0.1, 0.15) is 6.54 Å². The van der Waals surface area contributed by atoms with Crippen LogP contribution in [0.3, 0.4) is 0 Å². The van der Waals surface area contributed by atoms with Gasteiger partial charge in [0, 0.05) is 7.05 Å². The predicted octanol–water partition coefficient (Wildman–Crippen LogP) is 2.01. The Kier molecular flexibility index (Phi) is 3.25. The zero-order chi connectivity index (χ0) is 8.20. The molecule has 0 aliphatic heterocycles. The van der Waals surface area contributed by atoms with E-state index in [1.807, 2.05) is 0 Å². The largest absolute Gasteiger partial charge is 0.405 e. The molecule has 60 valence electrons. The number of rotatable bonds is 2. The molecule has 0 heterocycles. The highest BCUT2D eigenvalue weighted by Gasteiger charge is 2.27. The van der Waals surface area contributed by atoms with Gasteiger partial charge in [0.2, 0.25) is 0 Å². The Morgan fingerprint density at radius 2 is 1.90 bits per heavy atom. The van der Waals surface area contributed by atoms with Crippen LogP contribution in [-0.2, 0) is 0 Å². The summed E-state index contributed by atoms with van der Waals surface area (Å²) >= 11 is 0. The lowest BCUT2D eigenvalue weighted by molar-refractivity contribution is -0.138. The van der Waals surface area contributed by atoms with Crippen LogP contribution in [-0.4, -0.2) is 24.7 Å². The standard InChI is InChI=1S/C6H10F3N/c1-3-4-10(2)5-6(7,8)9/h3-4H,5H2,1-2H3/b4-3-. The van der Waals surface area contributed by atoms with Crippen LogP contribution >= 0.6 is 0 Å². The van der Waals surface area contributed by atoms with Gasteiger partial charge in [-0.2, -0.15) is 13.2 Å². The molecule has 0 aromatic rings. The molecule has 0 spiro atoms. The molecule has 0 aromatic carbocycles. The summed E-state index contributed by atoms with van der Waals surface area (Å²) in [6.45, 7) is 0.782. The fourth-order valence-corrected chi connectivity index (χ4v) is 0.590. The van der Waals surface area contributed by atoms with E-state index in [1.165, 1.54) is 13.2 Å². The van der Waals surface area contributed by atoms with Gasteiger partial charge in [-0.05, 0) is 13.1 Å². The molecule has 0 aliphatic rings. The molecule has 0 saturated carbocycles. The molecule has 10 heavy (non-hydrogen) atoms. The Balaban J connectivity index is 3.68. The van der Waals surface area contributed by atoms with E-state index >= 15 is 0 Å². The molecule has 0 aromatic heterocycles. The van der Waals surface area contributed by atoms with Gasteiger partial charge in [-0.25, -0.2) is 0 Å². The molecule has 0 bridgehead atoms. The topological polar surface area (TPSA) is 3.24 Å². The molecule has 1 nitrogen and oxygen atoms in total. The van der Waals surface area contributed by atoms with Crippen molar-refractivity contribution in [2.45, 2.75) is 13.1 Å². The van der Waals surface area contributed by atoms with Crippen molar-refractivity contribution in [3.05, 3.63) is 12.3 Å². The predicted molar refractivity (Wildman–Crippen MR) is 33.5 cm³/mol. The van der Waals surface area contributed by atoms with Crippen LogP contribution in [0.2, 0.25) is 0 Å². The SMILES string of the molecule is C/C=C\N(C)CC(F)(F)F. The highest BCUT2D eigenvalue weighted by atomic mass is 19.4. The lowest BCUT2D eigenvalue weighted by atomic mass is 10.5. The van der Waals surface area contributed by atoms with E-state index in [0.717, 1.165) is 4.90 Å². The van der Waals surface area contributed by atoms with Gasteiger partial charge in [0.25, 0.3) is 0 Å². The molecule has 0 saturated heterocycles. The van der Waals surface area contributed by atoms with E-state index in [9.17, 15) is 13.2 Å². The smallest absolute Gasteiger partial charge is 0.372 e. The van der Waals surface area contributed by atoms with E-state index in [2.05, 4.69) is 0 Å². The fourth-order valence-electron chi connectivity index (χ4n) is 0.590. The Morgan fingerprint density at radius 3 is 2.20 bits per heavy atom. The molecule has 0 N–H and O–H groups in total. The molecular weight excluding hydrogens is 143 g/mol. The summed E-state index contributed by atoms with van der Waals surface area (Å²) in [6, 6.07) is 0. The zero-order valence-electron chi connectivity index (χ0n) is 5.94. The van der Waals surface area contributed by atoms with Crippen molar-refractivity contribution in [3.8, 4) is 0 Å². The summed E-state index contributed by atoms with van der Waals surface area (Å²) in [7, 11) is 1.38. The van der Waals surface area contributed by atoms with Gasteiger partial charge in [-0.15, -0.1) is 0 Å². The molecule has 0 aliphatic carbocycles. The second-order valence-corrected chi connectivity index (χ2v) is 2.01. The summed E-state index contributed by atoms with van der Waals surface area (Å²) in [4.78, 5) is 1.08. The van der Waals surface area contributed by atoms with Crippen LogP contribution in [0, 0.1) is 0 Å². The zero-order valence-corrected chi connectivity index (χ0v) is 5.94. The normalized spacial score (nSPS) is 12.5. The Morgan fingerprint density at radius 1 is 1.40 bits per heavy atom. The van der Waals surface area contributed by atoms with Gasteiger partial charge in [0.15, 0.2) is 0 Å². The molecular formula is C6H10F3N. The molecule has 0 unspecified atom stereocenters. The summed E-state index contributed by atoms with van der Waals surface area (Å²) in [5.74, 6) is 0. The quantitative estimate of drug-likeness (QED) is 0.586. The van der Waals surface area contributed by atoms with E-state index in [4.69, 9.17) is 0 Å². The van der Waals surface area contributed by atoms with E-state index in [-0.39, 0.29) is 0 Å². The number of alkyl halides is 3. The minimum atomic E-state index is -4.10. The van der Waals surface area contributed by atoms with Crippen molar-refractivity contribution < 1.29 is 13.2 Å². The minimum Gasteiger partial charge on any atom is -0.372 e. The van der Waals surface area contributed by atoms with Gasteiger partial charge in [-0.1, -0.05) is 6.08 Å². The maximum Gasteiger partial charge on any atom is 0.405 e. The Hall–Kier alpha value is -0.670. The van der Waals surface area contributed by atoms with Crippen LogP contribution in [0.15, 0.2) is 12.3 Å². The van der Waals surface area contributed by atoms with Gasteiger partial charge >= 0.3 is 6.18 Å². The number of nitrogens with zero attached hydrogens (tertiary/aromatic N) is 1. The maximum atomic E-state index is 11.6. The molecule has 0 fully saturated rings. The second-order valence-electron chi connectivity index (χ2n) is 2.01. The van der Waals surface area contributed by atoms with Crippen molar-refractivity contribution in [2.24, 2.45) is 0 Å². The van der Waals surface area contributed by atoms with Crippen molar-refractivity contribution in [1.29, 1.82) is 0 Å². The third-order valence-electron chi connectivity index (χ3n) is 0.832. The maximum absolute atomic E-state index is 11.6. The van der Waals surface area contributed by atoms with Crippen LogP contribution < -0.4 is 0 Å². The first-order valence-corrected chi connectivity index (χ1v) is 2.85. The highest BCUT2D eigenvalue weighted by Crippen LogP contribution is 2.15. The molecule has 0 rings (SSSR count). The van der Waals surface area contributed by atoms with Crippen LogP contribution in [0.1, 0.15) is 6.92 Å². The van der Waals surface area contributed by atoms with Gasteiger partial charge in [0.05, 0.1) is 0 Å². The van der Waals surface area contributed by atoms with Crippen LogP contribution in [0.5, 0.6) is 0 Å². The average molecular weight is 153 g/mol. The third-order valence-corrected chi connectivity index (χ3v) is 0.832. The molecule has 0 atom stereocenters. The summed E-state index contributed by atoms with van der Waals surface area (Å²) in [5.41, 5.74) is 0. The van der Waals surface area contributed by atoms with Crippen molar-refractivity contribution in [1.82, 2.24) is 4.90 Å². The van der Waals surface area contributed by atoms with E-state index < -0.39 is 12.7 Å². The lowest BCUT2D eigenvalue weighted by Crippen LogP contribution is -2.26. The first kappa shape index (κ1) is 9.33. The third kappa shape index (κ3) is 5.47. The number of halogens is 3. The first-order chi connectivity index (χ1) is 4.45. The van der Waals surface area contributed by atoms with E-state index in [1.54, 1.807) is 13.0 Å². The lowest BCUT2D eigenvalue weighted by Gasteiger charge is -2.15. The Bertz CT molecular complexity index is 117.